The molecule has 100 valence electrons. The van der Waals surface area contributed by atoms with Gasteiger partial charge in [0.2, 0.25) is 5.82 Å². The molecule has 5 heteroatoms. The van der Waals surface area contributed by atoms with E-state index in [9.17, 15) is 5.11 Å². The Labute approximate surface area is 129 Å². The molecule has 0 aliphatic rings. The molecule has 1 N–H and O–H groups in total. The number of aromatic hydroxyl groups is 1. The molecule has 3 rings (SSSR count). The minimum absolute atomic E-state index is 0.130. The highest BCUT2D eigenvalue weighted by Crippen LogP contribution is 2.31. The van der Waals surface area contributed by atoms with Crippen LogP contribution in [0.1, 0.15) is 5.56 Å². The SMILES string of the molecule is Cc1ccccc1-c1noc(-c2cc(I)ccc2O)n1. The van der Waals surface area contributed by atoms with Crippen molar-refractivity contribution in [2.45, 2.75) is 6.92 Å². The summed E-state index contributed by atoms with van der Waals surface area (Å²) in [6, 6.07) is 13.1. The molecule has 20 heavy (non-hydrogen) atoms. The maximum absolute atomic E-state index is 9.89. The van der Waals surface area contributed by atoms with Gasteiger partial charge in [-0.15, -0.1) is 0 Å². The molecule has 1 aromatic heterocycles. The number of phenolic OH excluding ortho intramolecular Hbond substituents is 1. The van der Waals surface area contributed by atoms with Gasteiger partial charge in [0, 0.05) is 9.13 Å². The van der Waals surface area contributed by atoms with Crippen LogP contribution in [0.5, 0.6) is 5.75 Å². The van der Waals surface area contributed by atoms with Crippen LogP contribution in [0, 0.1) is 10.5 Å². The Kier molecular flexibility index (Phi) is 3.43. The van der Waals surface area contributed by atoms with Gasteiger partial charge in [0.25, 0.3) is 5.89 Å². The van der Waals surface area contributed by atoms with Crippen LogP contribution in [0.2, 0.25) is 0 Å². The highest BCUT2D eigenvalue weighted by Gasteiger charge is 2.15. The Balaban J connectivity index is 2.07. The minimum atomic E-state index is 0.130. The Morgan fingerprint density at radius 2 is 1.90 bits per heavy atom. The molecular formula is C15H11IN2O2. The van der Waals surface area contributed by atoms with E-state index >= 15 is 0 Å². The lowest BCUT2D eigenvalue weighted by Crippen LogP contribution is -1.85. The second-order valence-corrected chi connectivity index (χ2v) is 5.65. The van der Waals surface area contributed by atoms with E-state index < -0.39 is 0 Å². The Morgan fingerprint density at radius 1 is 1.10 bits per heavy atom. The first-order valence-corrected chi connectivity index (χ1v) is 7.11. The number of nitrogens with zero attached hydrogens (tertiary/aromatic N) is 2. The predicted octanol–water partition coefficient (Wildman–Crippen LogP) is 4.02. The van der Waals surface area contributed by atoms with E-state index in [0.717, 1.165) is 14.7 Å². The lowest BCUT2D eigenvalue weighted by atomic mass is 10.1. The van der Waals surface area contributed by atoms with Crippen molar-refractivity contribution < 1.29 is 9.63 Å². The van der Waals surface area contributed by atoms with Crippen molar-refractivity contribution in [1.29, 1.82) is 0 Å². The molecular weight excluding hydrogens is 367 g/mol. The quantitative estimate of drug-likeness (QED) is 0.685. The summed E-state index contributed by atoms with van der Waals surface area (Å²) in [5.74, 6) is 0.973. The van der Waals surface area contributed by atoms with Crippen molar-refractivity contribution in [2.24, 2.45) is 0 Å². The molecule has 0 amide bonds. The van der Waals surface area contributed by atoms with Gasteiger partial charge in [0.1, 0.15) is 5.75 Å². The van der Waals surface area contributed by atoms with Crippen molar-refractivity contribution in [1.82, 2.24) is 10.1 Å². The summed E-state index contributed by atoms with van der Waals surface area (Å²) >= 11 is 2.17. The average Bonchev–Trinajstić information content (AvgIpc) is 2.91. The van der Waals surface area contributed by atoms with Gasteiger partial charge in [-0.05, 0) is 53.3 Å². The van der Waals surface area contributed by atoms with Gasteiger partial charge in [-0.3, -0.25) is 0 Å². The number of hydrogen-bond donors (Lipinski definition) is 1. The summed E-state index contributed by atoms with van der Waals surface area (Å²) in [6.07, 6.45) is 0. The summed E-state index contributed by atoms with van der Waals surface area (Å²) < 4.78 is 6.26. The molecule has 0 atom stereocenters. The lowest BCUT2D eigenvalue weighted by Gasteiger charge is -2.00. The largest absolute Gasteiger partial charge is 0.507 e. The minimum Gasteiger partial charge on any atom is -0.507 e. The third kappa shape index (κ3) is 2.40. The first-order valence-electron chi connectivity index (χ1n) is 6.04. The van der Waals surface area contributed by atoms with Crippen LogP contribution in [0.4, 0.5) is 0 Å². The number of hydrogen-bond acceptors (Lipinski definition) is 4. The van der Waals surface area contributed by atoms with Crippen molar-refractivity contribution >= 4 is 22.6 Å². The van der Waals surface area contributed by atoms with Crippen LogP contribution < -0.4 is 0 Å². The second kappa shape index (κ2) is 5.24. The maximum Gasteiger partial charge on any atom is 0.262 e. The zero-order valence-corrected chi connectivity index (χ0v) is 12.8. The number of aryl methyl sites for hydroxylation is 1. The third-order valence-electron chi connectivity index (χ3n) is 3.00. The fourth-order valence-corrected chi connectivity index (χ4v) is 2.44. The first-order chi connectivity index (χ1) is 9.65. The Bertz CT molecular complexity index is 768. The normalized spacial score (nSPS) is 10.7. The molecule has 3 aromatic rings. The molecule has 0 saturated carbocycles. The van der Waals surface area contributed by atoms with E-state index in [-0.39, 0.29) is 5.75 Å². The van der Waals surface area contributed by atoms with Gasteiger partial charge in [-0.1, -0.05) is 29.4 Å². The summed E-state index contributed by atoms with van der Waals surface area (Å²) in [5, 5.41) is 13.9. The Hall–Kier alpha value is -1.89. The van der Waals surface area contributed by atoms with E-state index in [0.29, 0.717) is 17.3 Å². The molecule has 1 heterocycles. The van der Waals surface area contributed by atoms with E-state index in [2.05, 4.69) is 32.7 Å². The smallest absolute Gasteiger partial charge is 0.262 e. The fourth-order valence-electron chi connectivity index (χ4n) is 1.95. The summed E-state index contributed by atoms with van der Waals surface area (Å²) in [5.41, 5.74) is 2.54. The van der Waals surface area contributed by atoms with E-state index in [4.69, 9.17) is 4.52 Å². The second-order valence-electron chi connectivity index (χ2n) is 4.40. The van der Waals surface area contributed by atoms with Gasteiger partial charge in [0.05, 0.1) is 5.56 Å². The lowest BCUT2D eigenvalue weighted by molar-refractivity contribution is 0.425. The predicted molar refractivity (Wildman–Crippen MR) is 84.3 cm³/mol. The van der Waals surface area contributed by atoms with Crippen molar-refractivity contribution in [3.8, 4) is 28.6 Å². The van der Waals surface area contributed by atoms with Crippen molar-refractivity contribution in [3.63, 3.8) is 0 Å². The van der Waals surface area contributed by atoms with Gasteiger partial charge < -0.3 is 9.63 Å². The van der Waals surface area contributed by atoms with Crippen molar-refractivity contribution in [3.05, 3.63) is 51.6 Å². The monoisotopic (exact) mass is 378 g/mol. The number of rotatable bonds is 2. The van der Waals surface area contributed by atoms with Crippen LogP contribution >= 0.6 is 22.6 Å². The number of phenols is 1. The highest BCUT2D eigenvalue weighted by atomic mass is 127. The first kappa shape index (κ1) is 13.1. The fraction of sp³-hybridized carbons (Fsp3) is 0.0667. The number of aromatic nitrogens is 2. The number of benzene rings is 2. The zero-order chi connectivity index (χ0) is 14.1. The molecule has 0 spiro atoms. The molecule has 0 saturated heterocycles. The Morgan fingerprint density at radius 3 is 2.70 bits per heavy atom. The van der Waals surface area contributed by atoms with Gasteiger partial charge >= 0.3 is 0 Å². The van der Waals surface area contributed by atoms with E-state index in [1.165, 1.54) is 0 Å². The van der Waals surface area contributed by atoms with Crippen LogP contribution in [0.25, 0.3) is 22.8 Å². The molecule has 2 aromatic carbocycles. The van der Waals surface area contributed by atoms with Gasteiger partial charge in [0.15, 0.2) is 0 Å². The zero-order valence-electron chi connectivity index (χ0n) is 10.7. The van der Waals surface area contributed by atoms with Crippen LogP contribution in [0.15, 0.2) is 47.0 Å². The standard InChI is InChI=1S/C15H11IN2O2/c1-9-4-2-3-5-11(9)14-17-15(20-18-14)12-8-10(16)6-7-13(12)19/h2-8,19H,1H3. The molecule has 4 nitrogen and oxygen atoms in total. The molecule has 0 aliphatic heterocycles. The molecule has 0 radical (unpaired) electrons. The van der Waals surface area contributed by atoms with Crippen LogP contribution in [0.3, 0.4) is 0 Å². The summed E-state index contributed by atoms with van der Waals surface area (Å²) in [6.45, 7) is 1.99. The average molecular weight is 378 g/mol. The number of halogens is 1. The van der Waals surface area contributed by atoms with E-state index in [1.54, 1.807) is 6.07 Å². The molecule has 0 fully saturated rings. The van der Waals surface area contributed by atoms with Crippen LogP contribution in [-0.4, -0.2) is 15.2 Å². The van der Waals surface area contributed by atoms with E-state index in [1.807, 2.05) is 43.3 Å². The topological polar surface area (TPSA) is 59.2 Å². The highest BCUT2D eigenvalue weighted by molar-refractivity contribution is 14.1. The van der Waals surface area contributed by atoms with Gasteiger partial charge in [-0.2, -0.15) is 4.98 Å². The summed E-state index contributed by atoms with van der Waals surface area (Å²) in [7, 11) is 0. The van der Waals surface area contributed by atoms with Gasteiger partial charge in [-0.25, -0.2) is 0 Å². The van der Waals surface area contributed by atoms with Crippen LogP contribution in [-0.2, 0) is 0 Å². The molecule has 0 bridgehead atoms. The summed E-state index contributed by atoms with van der Waals surface area (Å²) in [4.78, 5) is 4.37. The molecule has 0 unspecified atom stereocenters. The van der Waals surface area contributed by atoms with Crippen molar-refractivity contribution in [2.75, 3.05) is 0 Å². The third-order valence-corrected chi connectivity index (χ3v) is 3.67. The molecule has 0 aliphatic carbocycles. The maximum atomic E-state index is 9.89.